The molecule has 0 amide bonds. The molecule has 1 radical (unpaired) electrons. The van der Waals surface area contributed by atoms with Crippen LogP contribution in [0.15, 0.2) is 30.3 Å². The van der Waals surface area contributed by atoms with Crippen molar-refractivity contribution in [2.75, 3.05) is 0 Å². The number of hydrogen-bond acceptors (Lipinski definition) is 2. The molecule has 2 nitrogen and oxygen atoms in total. The number of hydrogen-bond donors (Lipinski definition) is 1. The highest BCUT2D eigenvalue weighted by Crippen LogP contribution is 2.31. The predicted molar refractivity (Wildman–Crippen MR) is 79.7 cm³/mol. The fourth-order valence-electron chi connectivity index (χ4n) is 2.03. The van der Waals surface area contributed by atoms with Gasteiger partial charge in [-0.2, -0.15) is 0 Å². The molecule has 99 valence electrons. The van der Waals surface area contributed by atoms with Gasteiger partial charge in [-0.1, -0.05) is 38.1 Å². The van der Waals surface area contributed by atoms with Crippen LogP contribution in [0.5, 0.6) is 0 Å². The average molecular weight is 273 g/mol. The molecule has 0 fully saturated rings. The van der Waals surface area contributed by atoms with E-state index in [9.17, 15) is 4.79 Å². The summed E-state index contributed by atoms with van der Waals surface area (Å²) < 4.78 is 0. The van der Waals surface area contributed by atoms with E-state index in [2.05, 4.69) is 44.5 Å². The molecule has 2 aromatic rings. The van der Waals surface area contributed by atoms with Crippen LogP contribution in [-0.2, 0) is 0 Å². The zero-order valence-electron chi connectivity index (χ0n) is 11.3. The second kappa shape index (κ2) is 5.57. The van der Waals surface area contributed by atoms with E-state index in [0.29, 0.717) is 10.8 Å². The van der Waals surface area contributed by atoms with Crippen LogP contribution in [0, 0.1) is 19.3 Å². The molecule has 1 heterocycles. The number of carboxylic acids is 1. The third kappa shape index (κ3) is 3.24. The van der Waals surface area contributed by atoms with E-state index in [4.69, 9.17) is 5.11 Å². The van der Waals surface area contributed by atoms with Crippen LogP contribution in [0.2, 0.25) is 0 Å². The van der Waals surface area contributed by atoms with E-state index in [1.807, 2.05) is 6.92 Å². The molecule has 0 saturated carbocycles. The lowest BCUT2D eigenvalue weighted by Gasteiger charge is -2.06. The second-order valence-corrected chi connectivity index (χ2v) is 6.17. The number of rotatable bonds is 4. The number of carbonyl (C=O) groups is 1. The van der Waals surface area contributed by atoms with Gasteiger partial charge >= 0.3 is 5.97 Å². The Morgan fingerprint density at radius 3 is 2.37 bits per heavy atom. The summed E-state index contributed by atoms with van der Waals surface area (Å²) in [6.07, 6.45) is 2.20. The Labute approximate surface area is 117 Å². The third-order valence-corrected chi connectivity index (χ3v) is 3.91. The van der Waals surface area contributed by atoms with Gasteiger partial charge in [0, 0.05) is 4.88 Å². The summed E-state index contributed by atoms with van der Waals surface area (Å²) in [5, 5.41) is 9.02. The molecule has 3 heteroatoms. The molecule has 1 aromatic carbocycles. The Morgan fingerprint density at radius 2 is 1.89 bits per heavy atom. The smallest absolute Gasteiger partial charge is 0.345 e. The molecule has 0 aliphatic rings. The number of aryl methyl sites for hydroxylation is 1. The molecule has 0 saturated heterocycles. The maximum Gasteiger partial charge on any atom is 0.345 e. The molecule has 19 heavy (non-hydrogen) atoms. The van der Waals surface area contributed by atoms with Crippen molar-refractivity contribution in [3.8, 4) is 11.1 Å². The SMILES string of the molecule is Cc1sc(C(=O)O)cc1-c1ccc([CH]C(C)C)cc1. The highest BCUT2D eigenvalue weighted by molar-refractivity contribution is 7.14. The molecular weight excluding hydrogens is 256 g/mol. The first-order chi connectivity index (χ1) is 8.97. The fraction of sp³-hybridized carbons (Fsp3) is 0.250. The first-order valence-corrected chi connectivity index (χ1v) is 7.08. The molecule has 0 aliphatic heterocycles. The maximum absolute atomic E-state index is 11.0. The Hall–Kier alpha value is -1.61. The van der Waals surface area contributed by atoms with Gasteiger partial charge < -0.3 is 5.11 Å². The molecule has 0 unspecified atom stereocenters. The highest BCUT2D eigenvalue weighted by Gasteiger charge is 2.12. The van der Waals surface area contributed by atoms with Gasteiger partial charge in [-0.25, -0.2) is 4.79 Å². The fourth-order valence-corrected chi connectivity index (χ4v) is 2.91. The lowest BCUT2D eigenvalue weighted by Crippen LogP contribution is -1.91. The zero-order valence-corrected chi connectivity index (χ0v) is 12.1. The normalized spacial score (nSPS) is 10.9. The molecule has 2 rings (SSSR count). The van der Waals surface area contributed by atoms with Crippen molar-refractivity contribution < 1.29 is 9.90 Å². The lowest BCUT2D eigenvalue weighted by molar-refractivity contribution is 0.0702. The van der Waals surface area contributed by atoms with Crippen LogP contribution in [0.25, 0.3) is 11.1 Å². The number of aromatic carboxylic acids is 1. The molecule has 0 atom stereocenters. The Bertz CT molecular complexity index is 579. The van der Waals surface area contributed by atoms with Gasteiger partial charge in [0.25, 0.3) is 0 Å². The third-order valence-electron chi connectivity index (χ3n) is 2.88. The van der Waals surface area contributed by atoms with Crippen molar-refractivity contribution in [1.29, 1.82) is 0 Å². The minimum absolute atomic E-state index is 0.394. The van der Waals surface area contributed by atoms with E-state index in [-0.39, 0.29) is 0 Å². The van der Waals surface area contributed by atoms with Gasteiger partial charge in [0.1, 0.15) is 4.88 Å². The van der Waals surface area contributed by atoms with E-state index in [0.717, 1.165) is 16.0 Å². The summed E-state index contributed by atoms with van der Waals surface area (Å²) in [6.45, 7) is 6.26. The molecule has 0 bridgehead atoms. The van der Waals surface area contributed by atoms with Gasteiger partial charge in [0.05, 0.1) is 0 Å². The largest absolute Gasteiger partial charge is 0.477 e. The second-order valence-electron chi connectivity index (χ2n) is 4.92. The van der Waals surface area contributed by atoms with Gasteiger partial charge in [-0.05, 0) is 42.0 Å². The Balaban J connectivity index is 2.29. The zero-order chi connectivity index (χ0) is 14.0. The summed E-state index contributed by atoms with van der Waals surface area (Å²) in [7, 11) is 0. The summed E-state index contributed by atoms with van der Waals surface area (Å²) in [6, 6.07) is 10.0. The van der Waals surface area contributed by atoms with E-state index >= 15 is 0 Å². The van der Waals surface area contributed by atoms with Crippen molar-refractivity contribution in [2.24, 2.45) is 5.92 Å². The first-order valence-electron chi connectivity index (χ1n) is 6.26. The minimum Gasteiger partial charge on any atom is -0.477 e. The monoisotopic (exact) mass is 273 g/mol. The van der Waals surface area contributed by atoms with Gasteiger partial charge in [-0.3, -0.25) is 0 Å². The summed E-state index contributed by atoms with van der Waals surface area (Å²) >= 11 is 1.32. The van der Waals surface area contributed by atoms with Gasteiger partial charge in [-0.15, -0.1) is 11.3 Å². The number of benzene rings is 1. The summed E-state index contributed by atoms with van der Waals surface area (Å²) in [4.78, 5) is 12.4. The molecule has 0 spiro atoms. The van der Waals surface area contributed by atoms with Crippen molar-refractivity contribution in [2.45, 2.75) is 20.8 Å². The summed E-state index contributed by atoms with van der Waals surface area (Å²) in [5.41, 5.74) is 3.28. The number of carboxylic acid groups (broad SMARTS) is 1. The summed E-state index contributed by atoms with van der Waals surface area (Å²) in [5.74, 6) is -0.337. The lowest BCUT2D eigenvalue weighted by atomic mass is 9.99. The molecule has 0 aliphatic carbocycles. The standard InChI is InChI=1S/C16H17O2S/c1-10(2)8-12-4-6-13(7-5-12)14-9-15(16(17)18)19-11(14)3/h4-10H,1-3H3,(H,17,18). The van der Waals surface area contributed by atoms with Crippen molar-refractivity contribution in [3.63, 3.8) is 0 Å². The van der Waals surface area contributed by atoms with E-state index in [1.165, 1.54) is 16.9 Å². The van der Waals surface area contributed by atoms with Crippen LogP contribution >= 0.6 is 11.3 Å². The van der Waals surface area contributed by atoms with Crippen LogP contribution in [-0.4, -0.2) is 11.1 Å². The minimum atomic E-state index is -0.857. The topological polar surface area (TPSA) is 37.3 Å². The quantitative estimate of drug-likeness (QED) is 0.881. The van der Waals surface area contributed by atoms with Crippen LogP contribution in [0.4, 0.5) is 0 Å². The van der Waals surface area contributed by atoms with Crippen LogP contribution in [0.3, 0.4) is 0 Å². The molecule has 1 aromatic heterocycles. The van der Waals surface area contributed by atoms with Crippen molar-refractivity contribution in [3.05, 3.63) is 52.1 Å². The Kier molecular flexibility index (Phi) is 4.05. The van der Waals surface area contributed by atoms with Gasteiger partial charge in [0.15, 0.2) is 0 Å². The predicted octanol–water partition coefficient (Wildman–Crippen LogP) is 4.63. The first kappa shape index (κ1) is 13.8. The van der Waals surface area contributed by atoms with Crippen LogP contribution in [0.1, 0.15) is 34.0 Å². The number of thiophene rings is 1. The maximum atomic E-state index is 11.0. The van der Waals surface area contributed by atoms with Crippen molar-refractivity contribution >= 4 is 17.3 Å². The molecule has 1 N–H and O–H groups in total. The molecular formula is C16H17O2S. The Morgan fingerprint density at radius 1 is 1.26 bits per heavy atom. The van der Waals surface area contributed by atoms with E-state index < -0.39 is 5.97 Å². The van der Waals surface area contributed by atoms with Crippen LogP contribution < -0.4 is 0 Å². The van der Waals surface area contributed by atoms with Gasteiger partial charge in [0.2, 0.25) is 0 Å². The average Bonchev–Trinajstić information content (AvgIpc) is 2.72. The van der Waals surface area contributed by atoms with Crippen molar-refractivity contribution in [1.82, 2.24) is 0 Å². The highest BCUT2D eigenvalue weighted by atomic mass is 32.1. The van der Waals surface area contributed by atoms with E-state index in [1.54, 1.807) is 6.07 Å².